The molecule has 1 amide bonds. The summed E-state index contributed by atoms with van der Waals surface area (Å²) in [5.41, 5.74) is 0.505. The van der Waals surface area contributed by atoms with Crippen LogP contribution in [0.4, 0.5) is 0 Å². The number of benzene rings is 1. The minimum absolute atomic E-state index is 0.172. The van der Waals surface area contributed by atoms with Crippen molar-refractivity contribution in [3.63, 3.8) is 0 Å². The van der Waals surface area contributed by atoms with E-state index in [2.05, 4.69) is 26.1 Å². The van der Waals surface area contributed by atoms with E-state index in [0.29, 0.717) is 55.6 Å². The fraction of sp³-hybridized carbons (Fsp3) is 0.873. The first-order valence-electron chi connectivity index (χ1n) is 27.6. The average Bonchev–Trinajstić information content (AvgIpc) is 3.32. The van der Waals surface area contributed by atoms with E-state index in [1.54, 1.807) is 0 Å². The minimum atomic E-state index is -1.46. The highest BCUT2D eigenvalue weighted by molar-refractivity contribution is 5.95. The van der Waals surface area contributed by atoms with Crippen molar-refractivity contribution >= 4 is 5.91 Å². The molecule has 386 valence electrons. The predicted molar refractivity (Wildman–Crippen MR) is 269 cm³/mol. The minimum Gasteiger partial charge on any atom is -0.490 e. The monoisotopic (exact) mass is 936 g/mol. The highest BCUT2D eigenvalue weighted by Crippen LogP contribution is 2.40. The van der Waals surface area contributed by atoms with Crippen LogP contribution in [0.2, 0.25) is 0 Å². The zero-order valence-corrected chi connectivity index (χ0v) is 42.6. The highest BCUT2D eigenvalue weighted by Gasteiger charge is 2.43. The molecule has 0 aliphatic carbocycles. The van der Waals surface area contributed by atoms with Gasteiger partial charge in [-0.05, 0) is 44.2 Å². The van der Waals surface area contributed by atoms with Crippen LogP contribution in [-0.2, 0) is 9.47 Å². The Bertz CT molecular complexity index is 1220. The lowest BCUT2D eigenvalue weighted by molar-refractivity contribution is -0.301. The molecule has 11 nitrogen and oxygen atoms in total. The Balaban J connectivity index is 2.00. The Kier molecular flexibility index (Phi) is 38.0. The quantitative estimate of drug-likeness (QED) is 0.0399. The molecular formula is C55H101NO10. The Morgan fingerprint density at radius 3 is 1.26 bits per heavy atom. The second-order valence-corrected chi connectivity index (χ2v) is 19.1. The van der Waals surface area contributed by atoms with E-state index in [-0.39, 0.29) is 12.5 Å². The number of aliphatic hydroxyl groups excluding tert-OH is 4. The summed E-state index contributed by atoms with van der Waals surface area (Å²) in [7, 11) is 0. The average molecular weight is 936 g/mol. The van der Waals surface area contributed by atoms with Crippen molar-refractivity contribution in [3.8, 4) is 17.2 Å². The molecule has 1 fully saturated rings. The van der Waals surface area contributed by atoms with Gasteiger partial charge in [-0.25, -0.2) is 0 Å². The molecule has 2 rings (SSSR count). The van der Waals surface area contributed by atoms with Gasteiger partial charge in [0.2, 0.25) is 5.75 Å². The number of amides is 1. The zero-order valence-electron chi connectivity index (χ0n) is 42.6. The van der Waals surface area contributed by atoms with Crippen molar-refractivity contribution < 1.29 is 48.9 Å². The molecule has 0 aromatic heterocycles. The molecule has 0 bridgehead atoms. The van der Waals surface area contributed by atoms with Crippen molar-refractivity contribution in [1.29, 1.82) is 0 Å². The van der Waals surface area contributed by atoms with Crippen LogP contribution in [0.3, 0.4) is 0 Å². The van der Waals surface area contributed by atoms with Gasteiger partial charge in [0, 0.05) is 18.7 Å². The maximum Gasteiger partial charge on any atom is 0.251 e. The summed E-state index contributed by atoms with van der Waals surface area (Å²) in [6, 6.07) is 3.67. The van der Waals surface area contributed by atoms with Gasteiger partial charge < -0.3 is 49.4 Å². The maximum atomic E-state index is 13.7. The highest BCUT2D eigenvalue weighted by atomic mass is 16.7. The standard InChI is InChI=1S/C55H101NO10/c1-4-7-10-13-16-19-22-25-29-34-39-62-47-43-46(54(61)56-38-33-28-32-37-42-65-55-52(60)51(59)50(58)49(45-57)66-55)44-48(63-40-35-30-26-23-20-17-14-11-8-5-2)53(47)64-41-36-31-27-24-21-18-15-12-9-6-3/h43-44,49-52,55,57-60H,4-42,45H2,1-3H3,(H,56,61)/t49-,50-,51+,52-,55-/m1/s1. The van der Waals surface area contributed by atoms with Crippen LogP contribution >= 0.6 is 0 Å². The van der Waals surface area contributed by atoms with Crippen LogP contribution in [0, 0.1) is 0 Å². The number of hydrogen-bond donors (Lipinski definition) is 5. The molecule has 1 aromatic rings. The van der Waals surface area contributed by atoms with Crippen molar-refractivity contribution in [3.05, 3.63) is 17.7 Å². The second-order valence-electron chi connectivity index (χ2n) is 19.1. The van der Waals surface area contributed by atoms with Crippen LogP contribution in [0.1, 0.15) is 249 Å². The largest absolute Gasteiger partial charge is 0.490 e. The summed E-state index contributed by atoms with van der Waals surface area (Å²) >= 11 is 0. The normalized spacial score (nSPS) is 18.4. The molecule has 5 N–H and O–H groups in total. The van der Waals surface area contributed by atoms with Gasteiger partial charge >= 0.3 is 0 Å². The molecule has 0 unspecified atom stereocenters. The molecule has 0 radical (unpaired) electrons. The molecule has 1 aliphatic rings. The number of carbonyl (C=O) groups excluding carboxylic acids is 1. The number of nitrogens with one attached hydrogen (secondary N) is 1. The molecule has 5 atom stereocenters. The van der Waals surface area contributed by atoms with Gasteiger partial charge in [-0.15, -0.1) is 0 Å². The Morgan fingerprint density at radius 2 is 0.848 bits per heavy atom. The molecule has 0 saturated carbocycles. The number of hydrogen-bond acceptors (Lipinski definition) is 10. The predicted octanol–water partition coefficient (Wildman–Crippen LogP) is 12.7. The molecule has 0 spiro atoms. The van der Waals surface area contributed by atoms with E-state index >= 15 is 0 Å². The summed E-state index contributed by atoms with van der Waals surface area (Å²) in [6.45, 7) is 8.80. The lowest BCUT2D eigenvalue weighted by atomic mass is 9.99. The van der Waals surface area contributed by atoms with Gasteiger partial charge in [-0.2, -0.15) is 0 Å². The Morgan fingerprint density at radius 1 is 0.485 bits per heavy atom. The first-order chi connectivity index (χ1) is 32.4. The van der Waals surface area contributed by atoms with Crippen molar-refractivity contribution in [1.82, 2.24) is 5.32 Å². The summed E-state index contributed by atoms with van der Waals surface area (Å²) < 4.78 is 30.6. The fourth-order valence-corrected chi connectivity index (χ4v) is 8.66. The van der Waals surface area contributed by atoms with Crippen molar-refractivity contribution in [2.24, 2.45) is 0 Å². The van der Waals surface area contributed by atoms with Gasteiger partial charge in [0.05, 0.1) is 26.4 Å². The van der Waals surface area contributed by atoms with Gasteiger partial charge in [0.15, 0.2) is 17.8 Å². The molecule has 66 heavy (non-hydrogen) atoms. The fourth-order valence-electron chi connectivity index (χ4n) is 8.66. The SMILES string of the molecule is CCCCCCCCCCCCOc1cc(C(=O)NCCCCCCO[C@@H]2O[C@H](CO)[C@@H](O)[C@H](O)[C@H]2O)cc(OCCCCCCCCCCCC)c1OCCCCCCCCCCCC. The van der Waals surface area contributed by atoms with Gasteiger partial charge in [-0.1, -0.05) is 207 Å². The van der Waals surface area contributed by atoms with Crippen LogP contribution in [0.25, 0.3) is 0 Å². The van der Waals surface area contributed by atoms with Gasteiger partial charge in [0.25, 0.3) is 5.91 Å². The molecule has 1 aliphatic heterocycles. The third-order valence-corrected chi connectivity index (χ3v) is 13.0. The molecule has 1 saturated heterocycles. The summed E-state index contributed by atoms with van der Waals surface area (Å²) in [5, 5.41) is 42.8. The number of aliphatic hydroxyl groups is 4. The molecule has 1 aromatic carbocycles. The molecule has 1 heterocycles. The topological polar surface area (TPSA) is 156 Å². The van der Waals surface area contributed by atoms with E-state index in [1.165, 1.54) is 154 Å². The summed E-state index contributed by atoms with van der Waals surface area (Å²) in [4.78, 5) is 13.7. The number of ether oxygens (including phenoxy) is 5. The zero-order chi connectivity index (χ0) is 47.7. The van der Waals surface area contributed by atoms with Crippen LogP contribution < -0.4 is 19.5 Å². The number of rotatable bonds is 46. The summed E-state index contributed by atoms with van der Waals surface area (Å²) in [6.07, 6.45) is 34.3. The third kappa shape index (κ3) is 28.4. The van der Waals surface area contributed by atoms with E-state index in [9.17, 15) is 25.2 Å². The Hall–Kier alpha value is -2.15. The first kappa shape index (κ1) is 60.0. The number of carbonyl (C=O) groups is 1. The van der Waals surface area contributed by atoms with Crippen LogP contribution in [-0.4, -0.2) is 96.6 Å². The Labute approximate surface area is 403 Å². The van der Waals surface area contributed by atoms with E-state index in [4.69, 9.17) is 23.7 Å². The third-order valence-electron chi connectivity index (χ3n) is 13.0. The van der Waals surface area contributed by atoms with Gasteiger partial charge in [-0.3, -0.25) is 4.79 Å². The van der Waals surface area contributed by atoms with E-state index < -0.39 is 37.3 Å². The van der Waals surface area contributed by atoms with Gasteiger partial charge in [0.1, 0.15) is 24.4 Å². The van der Waals surface area contributed by atoms with E-state index in [1.807, 2.05) is 12.1 Å². The first-order valence-corrected chi connectivity index (χ1v) is 27.6. The van der Waals surface area contributed by atoms with Crippen LogP contribution in [0.15, 0.2) is 12.1 Å². The smallest absolute Gasteiger partial charge is 0.251 e. The summed E-state index contributed by atoms with van der Waals surface area (Å²) in [5.74, 6) is 1.62. The maximum absolute atomic E-state index is 13.7. The van der Waals surface area contributed by atoms with E-state index in [0.717, 1.165) is 57.8 Å². The lowest BCUT2D eigenvalue weighted by Crippen LogP contribution is -2.59. The number of unbranched alkanes of at least 4 members (excludes halogenated alkanes) is 30. The molecular weight excluding hydrogens is 835 g/mol. The molecule has 11 heteroatoms. The van der Waals surface area contributed by atoms with Crippen molar-refractivity contribution in [2.75, 3.05) is 39.6 Å². The second kappa shape index (κ2) is 41.8. The van der Waals surface area contributed by atoms with Crippen LogP contribution in [0.5, 0.6) is 17.2 Å². The van der Waals surface area contributed by atoms with Crippen molar-refractivity contribution in [2.45, 2.75) is 270 Å². The lowest BCUT2D eigenvalue weighted by Gasteiger charge is -2.39.